The van der Waals surface area contributed by atoms with Gasteiger partial charge in [0.15, 0.2) is 0 Å². The molecule has 6 nitrogen and oxygen atoms in total. The number of allylic oxidation sites excluding steroid dienone is 6. The number of benzene rings is 6. The van der Waals surface area contributed by atoms with Gasteiger partial charge < -0.3 is 19.6 Å². The van der Waals surface area contributed by atoms with Crippen LogP contribution in [0, 0.1) is 23.7 Å². The van der Waals surface area contributed by atoms with Crippen molar-refractivity contribution in [3.05, 3.63) is 214 Å². The first-order valence-corrected chi connectivity index (χ1v) is 32.2. The molecule has 6 heteroatoms. The van der Waals surface area contributed by atoms with Crippen LogP contribution in [0.25, 0.3) is 22.3 Å². The Kier molecular flexibility index (Phi) is 19.5. The highest BCUT2D eigenvalue weighted by atomic mass is 15.1. The molecule has 0 heterocycles. The van der Waals surface area contributed by atoms with E-state index in [-0.39, 0.29) is 0 Å². The second-order valence-electron chi connectivity index (χ2n) is 23.9. The highest BCUT2D eigenvalue weighted by Gasteiger charge is 2.34. The number of hydrogen-bond donors (Lipinski definition) is 0. The lowest BCUT2D eigenvalue weighted by molar-refractivity contribution is 0.170. The molecule has 0 aliphatic heterocycles. The molecule has 0 spiro atoms. The molecule has 0 radical (unpaired) electrons. The Morgan fingerprint density at radius 3 is 0.892 bits per heavy atom. The van der Waals surface area contributed by atoms with Gasteiger partial charge in [-0.25, -0.2) is 0 Å². The largest absolute Gasteiger partial charge is 0.372 e. The molecular formula is C77H94N6. The van der Waals surface area contributed by atoms with E-state index in [0.717, 1.165) is 88.5 Å². The quantitative estimate of drug-likeness (QED) is 0.0764. The van der Waals surface area contributed by atoms with Crippen molar-refractivity contribution >= 4 is 56.5 Å². The number of anilines is 4. The summed E-state index contributed by atoms with van der Waals surface area (Å²) in [6, 6.07) is 55.7. The summed E-state index contributed by atoms with van der Waals surface area (Å²) in [6.45, 7) is 30.8. The standard InChI is InChI=1S/C77H94N6/c1-11-80(12-2)62-37-29-58(30-38-62)76(59-31-39-63(40-32-59)81(13-3)14-4)70-45-49-74(68-25-21-19-23-66(68)70)78-72-47-27-56(51-54(72)9)53-57-28-48-73(55(10)52-57)79-75-50-46-71(67-24-20-22-26-69(67)75)77(60-33-41-64(42-34-60)82(15-5)16-6)61-35-43-65(44-36-61)83(17-7)18-8/h19-26,29-46,49-50,54-57,72-73H,11-18,27-28,47-48,51-53H2,1-10H3. The van der Waals surface area contributed by atoms with E-state index >= 15 is 0 Å². The van der Waals surface area contributed by atoms with E-state index in [9.17, 15) is 0 Å². The van der Waals surface area contributed by atoms with E-state index in [1.807, 2.05) is 0 Å². The fourth-order valence-electron chi connectivity index (χ4n) is 14.5. The van der Waals surface area contributed by atoms with Crippen LogP contribution in [0.4, 0.5) is 22.7 Å². The molecule has 83 heavy (non-hydrogen) atoms. The Balaban J connectivity index is 0.839. The zero-order valence-electron chi connectivity index (χ0n) is 51.9. The molecule has 2 saturated carbocycles. The third-order valence-corrected chi connectivity index (χ3v) is 19.2. The minimum Gasteiger partial charge on any atom is -0.372 e. The molecule has 0 amide bonds. The molecule has 6 aromatic rings. The highest BCUT2D eigenvalue weighted by Crippen LogP contribution is 2.44. The van der Waals surface area contributed by atoms with Crippen LogP contribution in [0.2, 0.25) is 0 Å². The van der Waals surface area contributed by atoms with Crippen LogP contribution in [-0.2, 0) is 0 Å². The van der Waals surface area contributed by atoms with Crippen molar-refractivity contribution in [3.8, 4) is 0 Å². The molecular weight excluding hydrogens is 1010 g/mol. The third kappa shape index (κ3) is 13.0. The Hall–Kier alpha value is -7.18. The number of rotatable bonds is 20. The van der Waals surface area contributed by atoms with Gasteiger partial charge in [0.25, 0.3) is 0 Å². The maximum atomic E-state index is 5.68. The van der Waals surface area contributed by atoms with E-state index in [1.165, 1.54) is 122 Å². The SMILES string of the molecule is CCN(CC)c1ccc(C(=C2C=CC(=NC3CCC(CC4CCC(N=C5C=CC(=C(c6ccc(N(CC)CC)cc6)c6ccc(N(CC)CC)cc6)c6ccccc65)C(C)C4)CC3C)c3ccccc32)c2ccc(N(CC)CC)cc2)cc1. The Labute approximate surface area is 500 Å². The summed E-state index contributed by atoms with van der Waals surface area (Å²) in [6.07, 6.45) is 18.0. The summed E-state index contributed by atoms with van der Waals surface area (Å²) in [7, 11) is 0. The lowest BCUT2D eigenvalue weighted by Gasteiger charge is -2.38. The van der Waals surface area contributed by atoms with Crippen LogP contribution in [0.3, 0.4) is 0 Å². The van der Waals surface area contributed by atoms with E-state index in [1.54, 1.807) is 0 Å². The van der Waals surface area contributed by atoms with Gasteiger partial charge in [-0.15, -0.1) is 0 Å². The zero-order valence-corrected chi connectivity index (χ0v) is 51.9. The van der Waals surface area contributed by atoms with Gasteiger partial charge in [0.2, 0.25) is 0 Å². The average molecular weight is 1100 g/mol. The summed E-state index contributed by atoms with van der Waals surface area (Å²) in [5.41, 5.74) is 22.3. The minimum absolute atomic E-state index is 0.323. The fourth-order valence-corrected chi connectivity index (χ4v) is 14.5. The second-order valence-corrected chi connectivity index (χ2v) is 23.9. The predicted octanol–water partition coefficient (Wildman–Crippen LogP) is 18.4. The molecule has 4 aliphatic rings. The molecule has 10 rings (SSSR count). The molecule has 2 fully saturated rings. The third-order valence-electron chi connectivity index (χ3n) is 19.2. The van der Waals surface area contributed by atoms with Gasteiger partial charge in [-0.2, -0.15) is 0 Å². The molecule has 6 atom stereocenters. The fraction of sp³-hybridized carbons (Fsp3) is 0.403. The van der Waals surface area contributed by atoms with Gasteiger partial charge in [-0.3, -0.25) is 9.98 Å². The van der Waals surface area contributed by atoms with Crippen molar-refractivity contribution in [2.24, 2.45) is 33.7 Å². The normalized spacial score (nSPS) is 21.2. The van der Waals surface area contributed by atoms with Crippen LogP contribution in [0.5, 0.6) is 0 Å². The molecule has 4 aliphatic carbocycles. The van der Waals surface area contributed by atoms with Crippen molar-refractivity contribution < 1.29 is 0 Å². The van der Waals surface area contributed by atoms with Crippen molar-refractivity contribution in [3.63, 3.8) is 0 Å². The van der Waals surface area contributed by atoms with Crippen molar-refractivity contribution in [2.45, 2.75) is 126 Å². The Morgan fingerprint density at radius 1 is 0.349 bits per heavy atom. The van der Waals surface area contributed by atoms with Gasteiger partial charge in [0, 0.05) is 86.2 Å². The highest BCUT2D eigenvalue weighted by molar-refractivity contribution is 6.20. The van der Waals surface area contributed by atoms with Gasteiger partial charge in [-0.05, 0) is 240 Å². The topological polar surface area (TPSA) is 37.7 Å². The summed E-state index contributed by atoms with van der Waals surface area (Å²) >= 11 is 0. The monoisotopic (exact) mass is 1100 g/mol. The van der Waals surface area contributed by atoms with Gasteiger partial charge >= 0.3 is 0 Å². The van der Waals surface area contributed by atoms with Crippen molar-refractivity contribution in [1.29, 1.82) is 0 Å². The number of hydrogen-bond acceptors (Lipinski definition) is 6. The van der Waals surface area contributed by atoms with E-state index in [0.29, 0.717) is 23.9 Å². The first kappa shape index (κ1) is 59.0. The molecule has 432 valence electrons. The Morgan fingerprint density at radius 2 is 0.627 bits per heavy atom. The van der Waals surface area contributed by atoms with Crippen molar-refractivity contribution in [1.82, 2.24) is 0 Å². The summed E-state index contributed by atoms with van der Waals surface area (Å²) in [4.78, 5) is 21.0. The molecule has 6 unspecified atom stereocenters. The van der Waals surface area contributed by atoms with Crippen LogP contribution in [0.15, 0.2) is 180 Å². The minimum atomic E-state index is 0.323. The van der Waals surface area contributed by atoms with E-state index < -0.39 is 0 Å². The van der Waals surface area contributed by atoms with Crippen LogP contribution in [0.1, 0.15) is 159 Å². The maximum Gasteiger partial charge on any atom is 0.0656 e. The first-order valence-electron chi connectivity index (χ1n) is 32.2. The molecule has 0 bridgehead atoms. The maximum absolute atomic E-state index is 5.68. The molecule has 0 N–H and O–H groups in total. The van der Waals surface area contributed by atoms with Crippen LogP contribution < -0.4 is 19.6 Å². The summed E-state index contributed by atoms with van der Waals surface area (Å²) in [5, 5.41) is 0. The van der Waals surface area contributed by atoms with E-state index in [2.05, 4.69) is 259 Å². The van der Waals surface area contributed by atoms with Crippen LogP contribution in [-0.4, -0.2) is 75.9 Å². The predicted molar refractivity (Wildman–Crippen MR) is 361 cm³/mol. The summed E-state index contributed by atoms with van der Waals surface area (Å²) in [5.74, 6) is 2.59. The number of nitrogens with zero attached hydrogens (tertiary/aromatic N) is 6. The second kappa shape index (κ2) is 27.5. The zero-order chi connectivity index (χ0) is 58.0. The number of aliphatic imine (C=N–C) groups is 2. The molecule has 6 aromatic carbocycles. The number of fused-ring (bicyclic) bond motifs is 2. The Bertz CT molecular complexity index is 2960. The van der Waals surface area contributed by atoms with Gasteiger partial charge in [-0.1, -0.05) is 123 Å². The van der Waals surface area contributed by atoms with Gasteiger partial charge in [0.05, 0.1) is 23.5 Å². The van der Waals surface area contributed by atoms with Gasteiger partial charge in [0.1, 0.15) is 0 Å². The summed E-state index contributed by atoms with van der Waals surface area (Å²) < 4.78 is 0. The van der Waals surface area contributed by atoms with E-state index in [4.69, 9.17) is 9.98 Å². The molecule has 0 aromatic heterocycles. The van der Waals surface area contributed by atoms with Crippen molar-refractivity contribution in [2.75, 3.05) is 72.0 Å². The average Bonchev–Trinajstić information content (AvgIpc) is 3.60. The lowest BCUT2D eigenvalue weighted by atomic mass is 9.70. The molecule has 0 saturated heterocycles. The first-order chi connectivity index (χ1) is 40.6. The smallest absolute Gasteiger partial charge is 0.0656 e. The van der Waals surface area contributed by atoms with Crippen LogP contribution >= 0.6 is 0 Å². The lowest BCUT2D eigenvalue weighted by Crippen LogP contribution is -2.31.